The van der Waals surface area contributed by atoms with E-state index in [9.17, 15) is 0 Å². The van der Waals surface area contributed by atoms with E-state index in [1.54, 1.807) is 11.3 Å². The first-order chi connectivity index (χ1) is 9.72. The van der Waals surface area contributed by atoms with Gasteiger partial charge in [-0.1, -0.05) is 12.1 Å². The molecule has 1 aliphatic rings. The van der Waals surface area contributed by atoms with Crippen molar-refractivity contribution in [2.45, 2.75) is 12.6 Å². The molecule has 1 aromatic heterocycles. The van der Waals surface area contributed by atoms with Crippen molar-refractivity contribution in [3.05, 3.63) is 45.1 Å². The van der Waals surface area contributed by atoms with Crippen LogP contribution < -0.4 is 9.47 Å². The Kier molecular flexibility index (Phi) is 4.29. The largest absolute Gasteiger partial charge is 0.486 e. The van der Waals surface area contributed by atoms with E-state index in [0.29, 0.717) is 6.61 Å². The monoisotopic (exact) mass is 353 g/mol. The van der Waals surface area contributed by atoms with Gasteiger partial charge in [-0.05, 0) is 46.6 Å². The molecule has 1 atom stereocenters. The molecule has 0 saturated carbocycles. The summed E-state index contributed by atoms with van der Waals surface area (Å²) in [4.78, 5) is 3.60. The number of ether oxygens (including phenoxy) is 2. The van der Waals surface area contributed by atoms with Crippen molar-refractivity contribution in [3.8, 4) is 11.5 Å². The minimum Gasteiger partial charge on any atom is -0.486 e. The molecule has 1 aromatic carbocycles. The van der Waals surface area contributed by atoms with Gasteiger partial charge in [-0.25, -0.2) is 0 Å². The van der Waals surface area contributed by atoms with Crippen molar-refractivity contribution in [2.75, 3.05) is 20.2 Å². The van der Waals surface area contributed by atoms with Crippen LogP contribution in [0.3, 0.4) is 0 Å². The molecular formula is C15H16BrNO2S. The second-order valence-corrected chi connectivity index (χ2v) is 6.74. The van der Waals surface area contributed by atoms with Crippen molar-refractivity contribution in [1.82, 2.24) is 4.90 Å². The van der Waals surface area contributed by atoms with Crippen LogP contribution in [-0.2, 0) is 6.54 Å². The van der Waals surface area contributed by atoms with Crippen LogP contribution in [0.2, 0.25) is 0 Å². The van der Waals surface area contributed by atoms with Crippen LogP contribution in [0, 0.1) is 0 Å². The van der Waals surface area contributed by atoms with Gasteiger partial charge in [0, 0.05) is 22.4 Å². The van der Waals surface area contributed by atoms with Gasteiger partial charge in [-0.15, -0.1) is 11.3 Å². The molecule has 0 fully saturated rings. The summed E-state index contributed by atoms with van der Waals surface area (Å²) in [6.45, 7) is 2.37. The number of likely N-dealkylation sites (N-methyl/N-ethyl adjacent to an activating group) is 1. The van der Waals surface area contributed by atoms with Gasteiger partial charge in [0.05, 0.1) is 0 Å². The van der Waals surface area contributed by atoms with E-state index in [1.165, 1.54) is 9.35 Å². The molecule has 1 aliphatic heterocycles. The molecule has 3 nitrogen and oxygen atoms in total. The van der Waals surface area contributed by atoms with Crippen LogP contribution in [0.15, 0.2) is 40.2 Å². The van der Waals surface area contributed by atoms with Gasteiger partial charge in [0.15, 0.2) is 11.5 Å². The van der Waals surface area contributed by atoms with Gasteiger partial charge in [-0.3, -0.25) is 4.90 Å². The molecule has 0 saturated heterocycles. The Hall–Kier alpha value is -1.04. The van der Waals surface area contributed by atoms with Crippen LogP contribution in [-0.4, -0.2) is 31.2 Å². The maximum Gasteiger partial charge on any atom is 0.161 e. The highest BCUT2D eigenvalue weighted by molar-refractivity contribution is 9.10. The summed E-state index contributed by atoms with van der Waals surface area (Å²) in [6, 6.07) is 9.92. The zero-order valence-corrected chi connectivity index (χ0v) is 13.6. The second-order valence-electron chi connectivity index (χ2n) is 4.89. The average molecular weight is 354 g/mol. The normalized spacial score (nSPS) is 17.4. The molecule has 2 aromatic rings. The number of fused-ring (bicyclic) bond motifs is 1. The average Bonchev–Trinajstić information content (AvgIpc) is 2.84. The fraction of sp³-hybridized carbons (Fsp3) is 0.333. The summed E-state index contributed by atoms with van der Waals surface area (Å²) < 4.78 is 12.9. The smallest absolute Gasteiger partial charge is 0.161 e. The number of nitrogens with zero attached hydrogens (tertiary/aromatic N) is 1. The zero-order valence-electron chi connectivity index (χ0n) is 11.2. The summed E-state index contributed by atoms with van der Waals surface area (Å²) in [7, 11) is 2.11. The fourth-order valence-electron chi connectivity index (χ4n) is 2.25. The Labute approximate surface area is 131 Å². The maximum absolute atomic E-state index is 5.98. The van der Waals surface area contributed by atoms with E-state index in [4.69, 9.17) is 9.47 Å². The van der Waals surface area contributed by atoms with E-state index < -0.39 is 0 Å². The minimum absolute atomic E-state index is 0.0774. The van der Waals surface area contributed by atoms with Gasteiger partial charge < -0.3 is 9.47 Å². The predicted molar refractivity (Wildman–Crippen MR) is 84.7 cm³/mol. The van der Waals surface area contributed by atoms with E-state index in [1.807, 2.05) is 24.3 Å². The predicted octanol–water partition coefficient (Wildman–Crippen LogP) is 3.78. The van der Waals surface area contributed by atoms with Gasteiger partial charge in [0.2, 0.25) is 0 Å². The molecular weight excluding hydrogens is 338 g/mol. The quantitative estimate of drug-likeness (QED) is 0.834. The molecule has 0 bridgehead atoms. The van der Waals surface area contributed by atoms with Crippen LogP contribution in [0.4, 0.5) is 0 Å². The summed E-state index contributed by atoms with van der Waals surface area (Å²) in [5.74, 6) is 1.68. The number of rotatable bonds is 4. The molecule has 0 aliphatic carbocycles. The van der Waals surface area contributed by atoms with Crippen LogP contribution in [0.1, 0.15) is 4.88 Å². The molecule has 3 rings (SSSR count). The Morgan fingerprint density at radius 1 is 1.30 bits per heavy atom. The lowest BCUT2D eigenvalue weighted by atomic mass is 10.2. The van der Waals surface area contributed by atoms with Gasteiger partial charge >= 0.3 is 0 Å². The maximum atomic E-state index is 5.98. The third kappa shape index (κ3) is 3.16. The van der Waals surface area contributed by atoms with Gasteiger partial charge in [0.25, 0.3) is 0 Å². The van der Waals surface area contributed by atoms with Crippen molar-refractivity contribution in [3.63, 3.8) is 0 Å². The Morgan fingerprint density at radius 3 is 2.85 bits per heavy atom. The van der Waals surface area contributed by atoms with Crippen LogP contribution in [0.5, 0.6) is 11.5 Å². The molecule has 0 spiro atoms. The Bertz CT molecular complexity index is 587. The number of hydrogen-bond donors (Lipinski definition) is 0. The first-order valence-electron chi connectivity index (χ1n) is 6.51. The first-order valence-corrected chi connectivity index (χ1v) is 8.18. The highest BCUT2D eigenvalue weighted by atomic mass is 79.9. The standard InChI is InChI=1S/C15H16BrNO2S/c1-17(9-15-12(16)6-7-20-15)8-11-10-18-13-4-2-3-5-14(13)19-11/h2-7,11H,8-10H2,1H3. The lowest BCUT2D eigenvalue weighted by Gasteiger charge is -2.29. The molecule has 0 radical (unpaired) electrons. The van der Waals surface area contributed by atoms with Crippen molar-refractivity contribution in [1.29, 1.82) is 0 Å². The lowest BCUT2D eigenvalue weighted by molar-refractivity contribution is 0.0640. The number of hydrogen-bond acceptors (Lipinski definition) is 4. The number of halogens is 1. The van der Waals surface area contributed by atoms with E-state index >= 15 is 0 Å². The topological polar surface area (TPSA) is 21.7 Å². The van der Waals surface area contributed by atoms with Crippen molar-refractivity contribution >= 4 is 27.3 Å². The summed E-state index contributed by atoms with van der Waals surface area (Å²) >= 11 is 5.34. The minimum atomic E-state index is 0.0774. The van der Waals surface area contributed by atoms with Crippen LogP contribution >= 0.6 is 27.3 Å². The number of benzene rings is 1. The highest BCUT2D eigenvalue weighted by Crippen LogP contribution is 2.31. The Morgan fingerprint density at radius 2 is 2.10 bits per heavy atom. The van der Waals surface area contributed by atoms with E-state index in [-0.39, 0.29) is 6.10 Å². The summed E-state index contributed by atoms with van der Waals surface area (Å²) in [6.07, 6.45) is 0.0774. The van der Waals surface area contributed by atoms with Gasteiger partial charge in [-0.2, -0.15) is 0 Å². The zero-order chi connectivity index (χ0) is 13.9. The molecule has 2 heterocycles. The molecule has 20 heavy (non-hydrogen) atoms. The first kappa shape index (κ1) is 13.9. The Balaban J connectivity index is 1.58. The fourth-order valence-corrected chi connectivity index (χ4v) is 3.81. The SMILES string of the molecule is CN(Cc1sccc1Br)CC1COc2ccccc2O1. The van der Waals surface area contributed by atoms with E-state index in [0.717, 1.165) is 24.6 Å². The molecule has 0 N–H and O–H groups in total. The third-order valence-electron chi connectivity index (χ3n) is 3.19. The summed E-state index contributed by atoms with van der Waals surface area (Å²) in [5, 5.41) is 2.10. The summed E-state index contributed by atoms with van der Waals surface area (Å²) in [5.41, 5.74) is 0. The van der Waals surface area contributed by atoms with Gasteiger partial charge in [0.1, 0.15) is 12.7 Å². The van der Waals surface area contributed by atoms with E-state index in [2.05, 4.69) is 39.3 Å². The lowest BCUT2D eigenvalue weighted by Crippen LogP contribution is -2.39. The molecule has 0 amide bonds. The van der Waals surface area contributed by atoms with Crippen molar-refractivity contribution in [2.24, 2.45) is 0 Å². The molecule has 5 heteroatoms. The van der Waals surface area contributed by atoms with Crippen molar-refractivity contribution < 1.29 is 9.47 Å². The molecule has 1 unspecified atom stereocenters. The molecule has 106 valence electrons. The number of para-hydroxylation sites is 2. The third-order valence-corrected chi connectivity index (χ3v) is 5.10. The number of thiophene rings is 1. The second kappa shape index (κ2) is 6.16. The van der Waals surface area contributed by atoms with Crippen LogP contribution in [0.25, 0.3) is 0 Å². The highest BCUT2D eigenvalue weighted by Gasteiger charge is 2.22.